The van der Waals surface area contributed by atoms with Gasteiger partial charge >= 0.3 is 0 Å². The maximum Gasteiger partial charge on any atom is 0.226 e. The number of aromatic nitrogens is 2. The highest BCUT2D eigenvalue weighted by Crippen LogP contribution is 2.20. The number of nitrogens with zero attached hydrogens (tertiary/aromatic N) is 3. The Kier molecular flexibility index (Phi) is 10.4. The standard InChI is InChI=1S/C19H23N5OS2.HI/c1-2-20-18(21-9-6-11-26-19-22-10-12-27-19)23-13-16-14-25-17(24-16)15-7-4-3-5-8-15;/h3-5,7-8,10,12,14H,2,6,9,11,13H2,1H3,(H2,20,21,23);1H. The highest BCUT2D eigenvalue weighted by Gasteiger charge is 2.06. The number of nitrogens with one attached hydrogen (secondary N) is 2. The molecule has 2 N–H and O–H groups in total. The maximum atomic E-state index is 5.56. The summed E-state index contributed by atoms with van der Waals surface area (Å²) in [4.78, 5) is 13.4. The van der Waals surface area contributed by atoms with Crippen molar-refractivity contribution in [1.29, 1.82) is 0 Å². The molecule has 0 aliphatic carbocycles. The monoisotopic (exact) mass is 529 g/mol. The molecule has 6 nitrogen and oxygen atoms in total. The molecule has 0 spiro atoms. The summed E-state index contributed by atoms with van der Waals surface area (Å²) in [6.07, 6.45) is 4.55. The summed E-state index contributed by atoms with van der Waals surface area (Å²) >= 11 is 3.47. The zero-order valence-corrected chi connectivity index (χ0v) is 19.6. The van der Waals surface area contributed by atoms with Crippen LogP contribution in [0.15, 0.2) is 61.9 Å². The van der Waals surface area contributed by atoms with E-state index in [1.807, 2.05) is 41.9 Å². The molecule has 0 saturated carbocycles. The number of rotatable bonds is 9. The summed E-state index contributed by atoms with van der Waals surface area (Å²) in [6.45, 7) is 4.20. The van der Waals surface area contributed by atoms with E-state index in [9.17, 15) is 0 Å². The van der Waals surface area contributed by atoms with E-state index in [-0.39, 0.29) is 24.0 Å². The topological polar surface area (TPSA) is 75.3 Å². The smallest absolute Gasteiger partial charge is 0.226 e. The van der Waals surface area contributed by atoms with Crippen LogP contribution in [-0.4, -0.2) is 34.8 Å². The minimum Gasteiger partial charge on any atom is -0.444 e. The van der Waals surface area contributed by atoms with Gasteiger partial charge in [0.1, 0.15) is 16.3 Å². The third kappa shape index (κ3) is 7.44. The molecule has 0 saturated heterocycles. The molecule has 0 aliphatic heterocycles. The lowest BCUT2D eigenvalue weighted by atomic mass is 10.2. The van der Waals surface area contributed by atoms with E-state index in [1.54, 1.807) is 29.4 Å². The van der Waals surface area contributed by atoms with E-state index in [1.165, 1.54) is 0 Å². The zero-order chi connectivity index (χ0) is 18.7. The van der Waals surface area contributed by atoms with Crippen molar-refractivity contribution in [3.8, 4) is 11.5 Å². The molecule has 0 aliphatic rings. The molecule has 3 rings (SSSR count). The third-order valence-electron chi connectivity index (χ3n) is 3.56. The van der Waals surface area contributed by atoms with Crippen LogP contribution in [0.2, 0.25) is 0 Å². The molecule has 2 heterocycles. The predicted molar refractivity (Wildman–Crippen MR) is 128 cm³/mol. The van der Waals surface area contributed by atoms with Crippen molar-refractivity contribution in [2.75, 3.05) is 18.8 Å². The van der Waals surface area contributed by atoms with Gasteiger partial charge in [-0.3, -0.25) is 0 Å². The number of halogens is 1. The molecule has 150 valence electrons. The molecule has 0 amide bonds. The van der Waals surface area contributed by atoms with Gasteiger partial charge in [-0.25, -0.2) is 15.0 Å². The van der Waals surface area contributed by atoms with E-state index >= 15 is 0 Å². The largest absolute Gasteiger partial charge is 0.444 e. The molecular formula is C19H24IN5OS2. The summed E-state index contributed by atoms with van der Waals surface area (Å²) in [6, 6.07) is 9.87. The minimum absolute atomic E-state index is 0. The molecular weight excluding hydrogens is 505 g/mol. The Morgan fingerprint density at radius 1 is 1.25 bits per heavy atom. The Hall–Kier alpha value is -1.59. The summed E-state index contributed by atoms with van der Waals surface area (Å²) in [5.41, 5.74) is 1.78. The lowest BCUT2D eigenvalue weighted by Gasteiger charge is -2.10. The number of thioether (sulfide) groups is 1. The van der Waals surface area contributed by atoms with Crippen LogP contribution in [0, 0.1) is 0 Å². The number of aliphatic imine (C=N–C) groups is 1. The van der Waals surface area contributed by atoms with Crippen molar-refractivity contribution in [2.45, 2.75) is 24.2 Å². The lowest BCUT2D eigenvalue weighted by molar-refractivity contribution is 0.572. The average molecular weight is 529 g/mol. The van der Waals surface area contributed by atoms with Crippen LogP contribution in [0.3, 0.4) is 0 Å². The van der Waals surface area contributed by atoms with Gasteiger partial charge < -0.3 is 15.1 Å². The first-order valence-electron chi connectivity index (χ1n) is 8.89. The molecule has 9 heteroatoms. The third-order valence-corrected chi connectivity index (χ3v) is 5.62. The maximum absolute atomic E-state index is 5.56. The number of hydrogen-bond donors (Lipinski definition) is 2. The highest BCUT2D eigenvalue weighted by molar-refractivity contribution is 14.0. The zero-order valence-electron chi connectivity index (χ0n) is 15.6. The molecule has 0 fully saturated rings. The Morgan fingerprint density at radius 3 is 2.86 bits per heavy atom. The Morgan fingerprint density at radius 2 is 2.11 bits per heavy atom. The van der Waals surface area contributed by atoms with Crippen molar-refractivity contribution in [1.82, 2.24) is 20.6 Å². The van der Waals surface area contributed by atoms with Gasteiger partial charge in [0.25, 0.3) is 0 Å². The summed E-state index contributed by atoms with van der Waals surface area (Å²) in [5.74, 6) is 2.45. The van der Waals surface area contributed by atoms with Gasteiger partial charge in [-0.05, 0) is 25.5 Å². The molecule has 28 heavy (non-hydrogen) atoms. The highest BCUT2D eigenvalue weighted by atomic mass is 127. The second kappa shape index (κ2) is 12.8. The Labute approximate surface area is 190 Å². The van der Waals surface area contributed by atoms with Gasteiger partial charge in [-0.15, -0.1) is 35.3 Å². The summed E-state index contributed by atoms with van der Waals surface area (Å²) < 4.78 is 6.68. The lowest BCUT2D eigenvalue weighted by Crippen LogP contribution is -2.37. The number of thiazole rings is 1. The van der Waals surface area contributed by atoms with Crippen LogP contribution >= 0.6 is 47.1 Å². The van der Waals surface area contributed by atoms with Crippen molar-refractivity contribution in [2.24, 2.45) is 4.99 Å². The fourth-order valence-electron chi connectivity index (χ4n) is 2.31. The summed E-state index contributed by atoms with van der Waals surface area (Å²) in [7, 11) is 0. The van der Waals surface area contributed by atoms with E-state index in [4.69, 9.17) is 4.42 Å². The van der Waals surface area contributed by atoms with Gasteiger partial charge in [0.2, 0.25) is 5.89 Å². The quantitative estimate of drug-likeness (QED) is 0.138. The molecule has 1 aromatic carbocycles. The first kappa shape index (κ1) is 22.7. The predicted octanol–water partition coefficient (Wildman–Crippen LogP) is 4.65. The Balaban J connectivity index is 0.00000280. The molecule has 3 aromatic rings. The normalized spacial score (nSPS) is 11.1. The molecule has 0 unspecified atom stereocenters. The van der Waals surface area contributed by atoms with Crippen molar-refractivity contribution >= 4 is 53.0 Å². The van der Waals surface area contributed by atoms with E-state index < -0.39 is 0 Å². The van der Waals surface area contributed by atoms with E-state index in [0.29, 0.717) is 12.4 Å². The van der Waals surface area contributed by atoms with Crippen LogP contribution in [0.5, 0.6) is 0 Å². The van der Waals surface area contributed by atoms with Crippen LogP contribution in [0.1, 0.15) is 19.0 Å². The Bertz CT molecular complexity index is 824. The van der Waals surface area contributed by atoms with Crippen molar-refractivity contribution in [3.05, 3.63) is 53.9 Å². The average Bonchev–Trinajstić information content (AvgIpc) is 3.38. The van der Waals surface area contributed by atoms with Gasteiger partial charge in [-0.1, -0.05) is 30.0 Å². The number of hydrogen-bond acceptors (Lipinski definition) is 6. The summed E-state index contributed by atoms with van der Waals surface area (Å²) in [5, 5.41) is 8.62. The number of oxazole rings is 1. The fourth-order valence-corrected chi connectivity index (χ4v) is 3.96. The first-order chi connectivity index (χ1) is 13.3. The van der Waals surface area contributed by atoms with Crippen LogP contribution in [0.25, 0.3) is 11.5 Å². The van der Waals surface area contributed by atoms with Crippen LogP contribution in [0.4, 0.5) is 0 Å². The fraction of sp³-hybridized carbons (Fsp3) is 0.316. The van der Waals surface area contributed by atoms with E-state index in [0.717, 1.165) is 46.8 Å². The number of benzene rings is 1. The van der Waals surface area contributed by atoms with Gasteiger partial charge in [0.05, 0.1) is 6.54 Å². The molecule has 0 atom stereocenters. The van der Waals surface area contributed by atoms with Crippen molar-refractivity contribution < 1.29 is 4.42 Å². The minimum atomic E-state index is 0. The number of guanidine groups is 1. The van der Waals surface area contributed by atoms with Crippen LogP contribution in [-0.2, 0) is 6.54 Å². The molecule has 2 aromatic heterocycles. The van der Waals surface area contributed by atoms with Gasteiger partial charge in [0.15, 0.2) is 5.96 Å². The molecule has 0 radical (unpaired) electrons. The second-order valence-electron chi connectivity index (χ2n) is 5.63. The van der Waals surface area contributed by atoms with Crippen molar-refractivity contribution in [3.63, 3.8) is 0 Å². The van der Waals surface area contributed by atoms with E-state index in [2.05, 4.69) is 32.5 Å². The first-order valence-corrected chi connectivity index (χ1v) is 10.8. The molecule has 0 bridgehead atoms. The van der Waals surface area contributed by atoms with Gasteiger partial charge in [-0.2, -0.15) is 0 Å². The second-order valence-corrected chi connectivity index (χ2v) is 7.87. The van der Waals surface area contributed by atoms with Gasteiger partial charge in [0, 0.05) is 36.0 Å². The SMILES string of the molecule is CCNC(=NCc1coc(-c2ccccc2)n1)NCCCSc1nccs1.I. The van der Waals surface area contributed by atoms with Crippen LogP contribution < -0.4 is 10.6 Å².